The summed E-state index contributed by atoms with van der Waals surface area (Å²) in [6, 6.07) is 9.01. The normalized spacial score (nSPS) is 17.3. The Hall–Kier alpha value is -1.77. The molecule has 1 aliphatic heterocycles. The zero-order valence-corrected chi connectivity index (χ0v) is 17.3. The molecule has 0 spiro atoms. The number of nitrogens with one attached hydrogen (secondary N) is 1. The van der Waals surface area contributed by atoms with Gasteiger partial charge in [-0.25, -0.2) is 0 Å². The van der Waals surface area contributed by atoms with Crippen LogP contribution in [0.15, 0.2) is 41.1 Å². The summed E-state index contributed by atoms with van der Waals surface area (Å²) >= 11 is 1.64. The van der Waals surface area contributed by atoms with Crippen molar-refractivity contribution < 1.29 is 17.9 Å². The van der Waals surface area contributed by atoms with Gasteiger partial charge in [0.05, 0.1) is 0 Å². The molecule has 4 nitrogen and oxygen atoms in total. The second-order valence-corrected chi connectivity index (χ2v) is 8.24. The number of likely N-dealkylation sites (tertiary alicyclic amines) is 1. The molecule has 1 atom stereocenters. The fourth-order valence-corrected chi connectivity index (χ4v) is 4.54. The molecule has 3 rings (SSSR count). The zero-order valence-electron chi connectivity index (χ0n) is 16.5. The number of anilines is 1. The number of hydrogen-bond acceptors (Lipinski definition) is 4. The van der Waals surface area contributed by atoms with E-state index in [4.69, 9.17) is 5.73 Å². The van der Waals surface area contributed by atoms with Crippen LogP contribution in [0.4, 0.5) is 18.9 Å². The molecule has 8 heteroatoms. The van der Waals surface area contributed by atoms with E-state index in [0.29, 0.717) is 18.6 Å². The number of alkyl halides is 3. The number of halogens is 3. The fourth-order valence-electron chi connectivity index (χ4n) is 3.88. The highest BCUT2D eigenvalue weighted by Crippen LogP contribution is 2.30. The molecule has 1 fully saturated rings. The van der Waals surface area contributed by atoms with Crippen LogP contribution in [0.3, 0.4) is 0 Å². The lowest BCUT2D eigenvalue weighted by atomic mass is 9.99. The van der Waals surface area contributed by atoms with E-state index < -0.39 is 6.36 Å². The highest BCUT2D eigenvalue weighted by atomic mass is 32.1. The lowest BCUT2D eigenvalue weighted by Crippen LogP contribution is -2.47. The molecule has 1 saturated heterocycles. The van der Waals surface area contributed by atoms with Crippen LogP contribution in [-0.4, -0.2) is 43.0 Å². The van der Waals surface area contributed by atoms with Crippen LogP contribution in [0.1, 0.15) is 31.7 Å². The molecule has 1 N–H and O–H groups in total. The fraction of sp³-hybridized carbons (Fsp3) is 0.524. The first kappa shape index (κ1) is 21.9. The third-order valence-electron chi connectivity index (χ3n) is 5.46. The van der Waals surface area contributed by atoms with Gasteiger partial charge in [0.1, 0.15) is 5.75 Å². The van der Waals surface area contributed by atoms with E-state index in [0.717, 1.165) is 44.6 Å². The van der Waals surface area contributed by atoms with Crippen molar-refractivity contribution >= 4 is 17.0 Å². The predicted molar refractivity (Wildman–Crippen MR) is 111 cm³/mol. The zero-order chi connectivity index (χ0) is 20.9. The average Bonchev–Trinajstić information content (AvgIpc) is 3.19. The minimum atomic E-state index is -4.68. The van der Waals surface area contributed by atoms with Crippen LogP contribution in [0.5, 0.6) is 5.75 Å². The molecular formula is C21H27F3N3OS-. The number of thiophene rings is 1. The minimum Gasteiger partial charge on any atom is -0.677 e. The van der Waals surface area contributed by atoms with Crippen LogP contribution in [0, 0.1) is 0 Å². The van der Waals surface area contributed by atoms with Gasteiger partial charge in [0.15, 0.2) is 0 Å². The molecule has 1 aromatic heterocycles. The van der Waals surface area contributed by atoms with Gasteiger partial charge < -0.3 is 20.3 Å². The molecule has 29 heavy (non-hydrogen) atoms. The Morgan fingerprint density at radius 3 is 2.45 bits per heavy atom. The highest BCUT2D eigenvalue weighted by molar-refractivity contribution is 7.07. The number of ether oxygens (including phenoxy) is 1. The van der Waals surface area contributed by atoms with Gasteiger partial charge >= 0.3 is 6.36 Å². The number of benzene rings is 1. The molecule has 0 bridgehead atoms. The number of hydrogen-bond donors (Lipinski definition) is 0. The van der Waals surface area contributed by atoms with Crippen LogP contribution >= 0.6 is 11.3 Å². The summed E-state index contributed by atoms with van der Waals surface area (Å²) in [4.78, 5) is 4.74. The maximum absolute atomic E-state index is 12.5. The number of nitrogens with zero attached hydrogens (tertiary/aromatic N) is 2. The summed E-state index contributed by atoms with van der Waals surface area (Å²) in [7, 11) is 0. The molecule has 1 unspecified atom stereocenters. The van der Waals surface area contributed by atoms with Crippen molar-refractivity contribution in [2.45, 2.75) is 51.2 Å². The van der Waals surface area contributed by atoms with E-state index in [1.54, 1.807) is 23.5 Å². The first-order valence-electron chi connectivity index (χ1n) is 9.88. The third kappa shape index (κ3) is 6.35. The predicted octanol–water partition coefficient (Wildman–Crippen LogP) is 5.95. The smallest absolute Gasteiger partial charge is 0.573 e. The van der Waals surface area contributed by atoms with Crippen molar-refractivity contribution in [3.63, 3.8) is 0 Å². The summed E-state index contributed by atoms with van der Waals surface area (Å²) in [5.74, 6) is -0.198. The van der Waals surface area contributed by atoms with E-state index in [2.05, 4.69) is 32.9 Å². The molecule has 160 valence electrons. The Morgan fingerprint density at radius 2 is 1.90 bits per heavy atom. The van der Waals surface area contributed by atoms with E-state index in [-0.39, 0.29) is 5.75 Å². The van der Waals surface area contributed by atoms with Crippen molar-refractivity contribution in [1.29, 1.82) is 0 Å². The standard InChI is InChI=1S/C21H27F3N3OS/c1-16(6-10-25)26-11-7-19(8-12-26)27(14-17-9-13-29-15-17)18-2-4-20(5-3-18)28-21(22,23)24/h2-5,9,13,15-16,19,25H,6-8,10-12,14H2,1H3/q-1. The molecule has 1 aromatic carbocycles. The SMILES string of the molecule is CC(CC[NH-])N1CCC(N(Cc2ccsc2)c2ccc(OC(F)(F)F)cc2)CC1. The first-order valence-corrected chi connectivity index (χ1v) is 10.8. The summed E-state index contributed by atoms with van der Waals surface area (Å²) in [5, 5.41) is 4.15. The number of rotatable bonds is 8. The van der Waals surface area contributed by atoms with Crippen molar-refractivity contribution in [2.24, 2.45) is 0 Å². The topological polar surface area (TPSA) is 39.5 Å². The Morgan fingerprint density at radius 1 is 1.21 bits per heavy atom. The lowest BCUT2D eigenvalue weighted by molar-refractivity contribution is -0.274. The second kappa shape index (κ2) is 9.82. The van der Waals surface area contributed by atoms with Crippen LogP contribution in [0.2, 0.25) is 0 Å². The Kier molecular flexibility index (Phi) is 7.43. The van der Waals surface area contributed by atoms with Crippen LogP contribution in [-0.2, 0) is 6.54 Å². The van der Waals surface area contributed by atoms with Gasteiger partial charge in [-0.1, -0.05) is 6.42 Å². The van der Waals surface area contributed by atoms with E-state index in [1.165, 1.54) is 17.7 Å². The van der Waals surface area contributed by atoms with Crippen molar-refractivity contribution in [3.05, 3.63) is 52.4 Å². The minimum absolute atomic E-state index is 0.198. The monoisotopic (exact) mass is 426 g/mol. The van der Waals surface area contributed by atoms with Crippen molar-refractivity contribution in [2.75, 3.05) is 24.5 Å². The summed E-state index contributed by atoms with van der Waals surface area (Å²) in [6.45, 7) is 5.30. The lowest BCUT2D eigenvalue weighted by Gasteiger charge is -2.42. The van der Waals surface area contributed by atoms with E-state index >= 15 is 0 Å². The average molecular weight is 427 g/mol. The first-order chi connectivity index (χ1) is 13.9. The summed E-state index contributed by atoms with van der Waals surface area (Å²) in [5.41, 5.74) is 9.55. The summed E-state index contributed by atoms with van der Waals surface area (Å²) < 4.78 is 41.4. The molecule has 0 saturated carbocycles. The van der Waals surface area contributed by atoms with Crippen molar-refractivity contribution in [1.82, 2.24) is 4.90 Å². The highest BCUT2D eigenvalue weighted by Gasteiger charge is 2.31. The molecular weight excluding hydrogens is 399 g/mol. The van der Waals surface area contributed by atoms with Crippen molar-refractivity contribution in [3.8, 4) is 5.75 Å². The van der Waals surface area contributed by atoms with Gasteiger partial charge in [0.25, 0.3) is 0 Å². The molecule has 2 aromatic rings. The van der Waals surface area contributed by atoms with Gasteiger partial charge in [-0.3, -0.25) is 0 Å². The molecule has 1 aliphatic rings. The Balaban J connectivity index is 1.72. The molecule has 0 radical (unpaired) electrons. The van der Waals surface area contributed by atoms with Crippen LogP contribution < -0.4 is 9.64 Å². The largest absolute Gasteiger partial charge is 0.677 e. The maximum Gasteiger partial charge on any atom is 0.573 e. The third-order valence-corrected chi connectivity index (χ3v) is 6.19. The van der Waals surface area contributed by atoms with E-state index in [1.807, 2.05) is 5.38 Å². The van der Waals surface area contributed by atoms with Crippen LogP contribution in [0.25, 0.3) is 5.73 Å². The Bertz CT molecular complexity index is 729. The Labute approximate surface area is 174 Å². The molecule has 2 heterocycles. The maximum atomic E-state index is 12.5. The molecule has 0 amide bonds. The van der Waals surface area contributed by atoms with Gasteiger partial charge in [0.2, 0.25) is 0 Å². The van der Waals surface area contributed by atoms with E-state index in [9.17, 15) is 13.2 Å². The quantitative estimate of drug-likeness (QED) is 0.524. The second-order valence-electron chi connectivity index (χ2n) is 7.46. The number of piperidine rings is 1. The van der Waals surface area contributed by atoms with Gasteiger partial charge in [0, 0.05) is 37.4 Å². The molecule has 0 aliphatic carbocycles. The van der Waals surface area contributed by atoms with Gasteiger partial charge in [-0.05, 0) is 66.4 Å². The van der Waals surface area contributed by atoms with Gasteiger partial charge in [-0.15, -0.1) is 19.7 Å². The van der Waals surface area contributed by atoms with Gasteiger partial charge in [-0.2, -0.15) is 11.3 Å². The summed E-state index contributed by atoms with van der Waals surface area (Å²) in [6.07, 6.45) is -1.81.